The summed E-state index contributed by atoms with van der Waals surface area (Å²) in [7, 11) is 0. The van der Waals surface area contributed by atoms with Crippen LogP contribution in [0.15, 0.2) is 30.3 Å². The minimum Gasteiger partial charge on any atom is -0.367 e. The molecule has 0 amide bonds. The van der Waals surface area contributed by atoms with Gasteiger partial charge in [-0.2, -0.15) is 0 Å². The Hall–Kier alpha value is -1.38. The van der Waals surface area contributed by atoms with Gasteiger partial charge >= 0.3 is 0 Å². The van der Waals surface area contributed by atoms with E-state index in [9.17, 15) is 0 Å². The second-order valence-electron chi connectivity index (χ2n) is 5.45. The van der Waals surface area contributed by atoms with Gasteiger partial charge in [0.15, 0.2) is 12.1 Å². The third-order valence-corrected chi connectivity index (χ3v) is 3.44. The molecule has 2 fully saturated rings. The van der Waals surface area contributed by atoms with Crippen LogP contribution in [0.1, 0.15) is 19.4 Å². The first-order chi connectivity index (χ1) is 9.59. The zero-order valence-electron chi connectivity index (χ0n) is 11.6. The van der Waals surface area contributed by atoms with E-state index in [0.717, 1.165) is 5.56 Å². The fraction of sp³-hybridized carbons (Fsp3) is 0.500. The molecule has 4 atom stereocenters. The third kappa shape index (κ3) is 2.58. The predicted molar refractivity (Wildman–Crippen MR) is 72.6 cm³/mol. The summed E-state index contributed by atoms with van der Waals surface area (Å²) < 4.78 is 23.1. The van der Waals surface area contributed by atoms with Crippen LogP contribution in [0.3, 0.4) is 0 Å². The Morgan fingerprint density at radius 2 is 2.00 bits per heavy atom. The number of rotatable bonds is 3. The van der Waals surface area contributed by atoms with Crippen molar-refractivity contribution in [3.05, 3.63) is 35.9 Å². The molecule has 1 aromatic rings. The van der Waals surface area contributed by atoms with Gasteiger partial charge in [-0.25, -0.2) is 0 Å². The van der Waals surface area contributed by atoms with Gasteiger partial charge in [0.2, 0.25) is 0 Å². The summed E-state index contributed by atoms with van der Waals surface area (Å²) in [6.45, 7) is 4.18. The Balaban J connectivity index is 1.69. The first-order valence-corrected chi connectivity index (χ1v) is 6.72. The lowest BCUT2D eigenvalue weighted by Gasteiger charge is -2.23. The average Bonchev–Trinajstić information content (AvgIpc) is 2.89. The van der Waals surface area contributed by atoms with Gasteiger partial charge in [0.1, 0.15) is 18.3 Å². The molecule has 4 heteroatoms. The molecule has 0 radical (unpaired) electrons. The summed E-state index contributed by atoms with van der Waals surface area (Å²) in [6, 6.07) is 9.94. The van der Waals surface area contributed by atoms with E-state index in [1.54, 1.807) is 0 Å². The van der Waals surface area contributed by atoms with Gasteiger partial charge in [0.05, 0.1) is 6.61 Å². The largest absolute Gasteiger partial charge is 0.367 e. The molecular formula is C16H18O4. The van der Waals surface area contributed by atoms with Crippen LogP contribution >= 0.6 is 0 Å². The molecule has 2 aliphatic rings. The highest BCUT2D eigenvalue weighted by Crippen LogP contribution is 2.38. The van der Waals surface area contributed by atoms with Gasteiger partial charge < -0.3 is 18.9 Å². The van der Waals surface area contributed by atoms with Gasteiger partial charge in [-0.3, -0.25) is 0 Å². The van der Waals surface area contributed by atoms with E-state index in [0.29, 0.717) is 6.61 Å². The maximum atomic E-state index is 5.93. The Morgan fingerprint density at radius 1 is 1.25 bits per heavy atom. The van der Waals surface area contributed by atoms with E-state index >= 15 is 0 Å². The van der Waals surface area contributed by atoms with Gasteiger partial charge in [0, 0.05) is 0 Å². The monoisotopic (exact) mass is 274 g/mol. The summed E-state index contributed by atoms with van der Waals surface area (Å²) in [5, 5.41) is 0. The highest BCUT2D eigenvalue weighted by Gasteiger charge is 2.55. The van der Waals surface area contributed by atoms with Crippen molar-refractivity contribution in [3.63, 3.8) is 0 Å². The average molecular weight is 274 g/mol. The zero-order valence-corrected chi connectivity index (χ0v) is 11.6. The highest BCUT2D eigenvalue weighted by atomic mass is 16.8. The maximum absolute atomic E-state index is 5.93. The minimum atomic E-state index is -0.663. The van der Waals surface area contributed by atoms with Crippen LogP contribution in [0.4, 0.5) is 0 Å². The van der Waals surface area contributed by atoms with Gasteiger partial charge in [0.25, 0.3) is 0 Å². The Morgan fingerprint density at radius 3 is 2.70 bits per heavy atom. The second kappa shape index (κ2) is 5.19. The van der Waals surface area contributed by atoms with Gasteiger partial charge in [-0.05, 0) is 19.4 Å². The molecule has 0 unspecified atom stereocenters. The summed E-state index contributed by atoms with van der Waals surface area (Å²) >= 11 is 0. The van der Waals surface area contributed by atoms with Crippen molar-refractivity contribution >= 4 is 0 Å². The van der Waals surface area contributed by atoms with Crippen molar-refractivity contribution < 1.29 is 18.9 Å². The predicted octanol–water partition coefficient (Wildman–Crippen LogP) is 2.08. The van der Waals surface area contributed by atoms with Crippen LogP contribution in [-0.4, -0.2) is 30.4 Å². The lowest BCUT2D eigenvalue weighted by atomic mass is 10.1. The standard InChI is InChI=1S/C16H18O4/c1-4-12-13(17-10-11-8-6-5-7-9-11)14-15(18-12)20-16(2,3)19-14/h1,5-9,12-15H,10H2,2-3H3/t12-,13+,14-,15-/m1/s1. The fourth-order valence-corrected chi connectivity index (χ4v) is 2.56. The molecular weight excluding hydrogens is 256 g/mol. The third-order valence-electron chi connectivity index (χ3n) is 3.44. The molecule has 0 bridgehead atoms. The van der Waals surface area contributed by atoms with Crippen molar-refractivity contribution in [2.75, 3.05) is 0 Å². The summed E-state index contributed by atoms with van der Waals surface area (Å²) in [5.41, 5.74) is 1.09. The molecule has 4 nitrogen and oxygen atoms in total. The molecule has 2 saturated heterocycles. The quantitative estimate of drug-likeness (QED) is 0.791. The Bertz CT molecular complexity index is 505. The normalized spacial score (nSPS) is 34.6. The van der Waals surface area contributed by atoms with E-state index in [1.165, 1.54) is 0 Å². The van der Waals surface area contributed by atoms with E-state index in [4.69, 9.17) is 25.4 Å². The second-order valence-corrected chi connectivity index (χ2v) is 5.45. The molecule has 0 aromatic heterocycles. The molecule has 0 spiro atoms. The molecule has 1 aromatic carbocycles. The van der Waals surface area contributed by atoms with E-state index in [1.807, 2.05) is 44.2 Å². The molecule has 0 saturated carbocycles. The molecule has 3 rings (SSSR count). The van der Waals surface area contributed by atoms with Crippen LogP contribution in [0, 0.1) is 12.3 Å². The molecule has 106 valence electrons. The maximum Gasteiger partial charge on any atom is 0.191 e. The van der Waals surface area contributed by atoms with Crippen molar-refractivity contribution in [1.29, 1.82) is 0 Å². The van der Waals surface area contributed by atoms with Crippen molar-refractivity contribution in [1.82, 2.24) is 0 Å². The molecule has 20 heavy (non-hydrogen) atoms. The summed E-state index contributed by atoms with van der Waals surface area (Å²) in [6.07, 6.45) is 4.01. The number of hydrogen-bond donors (Lipinski definition) is 0. The van der Waals surface area contributed by atoms with Crippen molar-refractivity contribution in [3.8, 4) is 12.3 Å². The van der Waals surface area contributed by atoms with Crippen LogP contribution < -0.4 is 0 Å². The first kappa shape index (κ1) is 13.6. The summed E-state index contributed by atoms with van der Waals surface area (Å²) in [5.74, 6) is 1.94. The molecule has 2 aliphatic heterocycles. The molecule has 2 heterocycles. The van der Waals surface area contributed by atoms with Crippen LogP contribution in [0.25, 0.3) is 0 Å². The Kier molecular flexibility index (Phi) is 3.53. The molecule has 0 aliphatic carbocycles. The fourth-order valence-electron chi connectivity index (χ4n) is 2.56. The summed E-state index contributed by atoms with van der Waals surface area (Å²) in [4.78, 5) is 0. The number of benzene rings is 1. The van der Waals surface area contributed by atoms with E-state index in [2.05, 4.69) is 5.92 Å². The first-order valence-electron chi connectivity index (χ1n) is 6.72. The lowest BCUT2D eigenvalue weighted by molar-refractivity contribution is -0.211. The molecule has 0 N–H and O–H groups in total. The van der Waals surface area contributed by atoms with Crippen molar-refractivity contribution in [2.45, 2.75) is 50.8 Å². The Labute approximate surface area is 119 Å². The minimum absolute atomic E-state index is 0.283. The number of ether oxygens (including phenoxy) is 4. The van der Waals surface area contributed by atoms with Gasteiger partial charge in [-0.15, -0.1) is 6.42 Å². The smallest absolute Gasteiger partial charge is 0.191 e. The van der Waals surface area contributed by atoms with Gasteiger partial charge in [-0.1, -0.05) is 36.3 Å². The topological polar surface area (TPSA) is 36.9 Å². The zero-order chi connectivity index (χ0) is 14.2. The highest BCUT2D eigenvalue weighted by molar-refractivity contribution is 5.14. The van der Waals surface area contributed by atoms with E-state index < -0.39 is 18.2 Å². The SMILES string of the molecule is C#C[C@H]1O[C@@H]2OC(C)(C)O[C@@H]2[C@H]1OCc1ccccc1. The number of hydrogen-bond acceptors (Lipinski definition) is 4. The number of terminal acetylenes is 1. The lowest BCUT2D eigenvalue weighted by Crippen LogP contribution is -2.36. The van der Waals surface area contributed by atoms with Crippen molar-refractivity contribution in [2.24, 2.45) is 0 Å². The van der Waals surface area contributed by atoms with Crippen LogP contribution in [0.2, 0.25) is 0 Å². The van der Waals surface area contributed by atoms with Crippen LogP contribution in [-0.2, 0) is 25.6 Å². The number of fused-ring (bicyclic) bond motifs is 1. The van der Waals surface area contributed by atoms with Crippen LogP contribution in [0.5, 0.6) is 0 Å². The van der Waals surface area contributed by atoms with E-state index in [-0.39, 0.29) is 12.2 Å².